The van der Waals surface area contributed by atoms with Gasteiger partial charge in [-0.25, -0.2) is 4.79 Å². The van der Waals surface area contributed by atoms with E-state index in [1.54, 1.807) is 34.0 Å². The van der Waals surface area contributed by atoms with E-state index in [0.29, 0.717) is 0 Å². The average molecular weight is 312 g/mol. The van der Waals surface area contributed by atoms with E-state index in [1.165, 1.54) is 0 Å². The van der Waals surface area contributed by atoms with E-state index in [-0.39, 0.29) is 13.2 Å². The number of ether oxygens (including phenoxy) is 1. The van der Waals surface area contributed by atoms with Crippen molar-refractivity contribution in [2.24, 2.45) is 0 Å². The molecule has 0 fully saturated rings. The van der Waals surface area contributed by atoms with Gasteiger partial charge in [0.25, 0.3) is 5.78 Å². The normalized spacial score (nSPS) is 13.4. The van der Waals surface area contributed by atoms with Crippen molar-refractivity contribution >= 4 is 31.1 Å². The Morgan fingerprint density at radius 2 is 1.63 bits per heavy atom. The minimum absolute atomic E-state index is 0.126. The van der Waals surface area contributed by atoms with Crippen molar-refractivity contribution in [1.82, 2.24) is 0 Å². The van der Waals surface area contributed by atoms with Crippen molar-refractivity contribution in [3.8, 4) is 0 Å². The molecule has 0 aliphatic heterocycles. The minimum atomic E-state index is -3.67. The van der Waals surface area contributed by atoms with E-state index < -0.39 is 30.4 Å². The molecule has 0 aliphatic carbocycles. The second kappa shape index (κ2) is 8.74. The summed E-state index contributed by atoms with van der Waals surface area (Å²) >= 11 is 0.957. The van der Waals surface area contributed by atoms with Crippen molar-refractivity contribution < 1.29 is 27.9 Å². The Balaban J connectivity index is 5.10. The van der Waals surface area contributed by atoms with Crippen molar-refractivity contribution in [3.63, 3.8) is 0 Å². The van der Waals surface area contributed by atoms with Crippen LogP contribution in [-0.2, 0) is 27.9 Å². The molecule has 0 rings (SSSR count). The lowest BCUT2D eigenvalue weighted by atomic mass is 10.4. The molecule has 0 heterocycles. The molecule has 0 saturated carbocycles. The molecule has 112 valence electrons. The molecule has 0 radical (unpaired) electrons. The zero-order valence-electron chi connectivity index (χ0n) is 11.9. The third-order valence-electron chi connectivity index (χ3n) is 1.90. The highest BCUT2D eigenvalue weighted by molar-refractivity contribution is 8.06. The summed E-state index contributed by atoms with van der Waals surface area (Å²) in [5.74, 6) is -1.92. The molecule has 0 aromatic heterocycles. The first kappa shape index (κ1) is 18.6. The summed E-state index contributed by atoms with van der Waals surface area (Å²) in [6.45, 7) is 6.79. The second-order valence-electron chi connectivity index (χ2n) is 3.78. The molecule has 0 bridgehead atoms. The summed E-state index contributed by atoms with van der Waals surface area (Å²) in [5, 5.41) is 0. The third kappa shape index (κ3) is 5.65. The Hall–Kier alpha value is -0.360. The number of thioether (sulfide) groups is 1. The van der Waals surface area contributed by atoms with E-state index in [9.17, 15) is 14.2 Å². The fourth-order valence-electron chi connectivity index (χ4n) is 1.29. The third-order valence-corrected chi connectivity index (χ3v) is 6.01. The maximum atomic E-state index is 12.5. The highest BCUT2D eigenvalue weighted by Crippen LogP contribution is 2.56. The Kier molecular flexibility index (Phi) is 8.57. The number of esters is 1. The van der Waals surface area contributed by atoms with Gasteiger partial charge in [-0.3, -0.25) is 9.36 Å². The molecule has 0 spiro atoms. The van der Waals surface area contributed by atoms with Crippen LogP contribution in [0.2, 0.25) is 0 Å². The SMILES string of the molecule is CCOP(=O)(OCC)C(SC)C(=O)C(=O)OC(C)C. The van der Waals surface area contributed by atoms with Crippen LogP contribution >= 0.6 is 19.4 Å². The molecule has 0 saturated heterocycles. The van der Waals surface area contributed by atoms with E-state index in [4.69, 9.17) is 13.8 Å². The summed E-state index contributed by atoms with van der Waals surface area (Å²) in [6, 6.07) is 0. The average Bonchev–Trinajstić information content (AvgIpc) is 2.29. The molecule has 0 aromatic rings. The van der Waals surface area contributed by atoms with E-state index >= 15 is 0 Å². The maximum Gasteiger partial charge on any atom is 0.376 e. The number of hydrogen-bond donors (Lipinski definition) is 0. The highest BCUT2D eigenvalue weighted by Gasteiger charge is 2.44. The molecule has 1 atom stereocenters. The van der Waals surface area contributed by atoms with Gasteiger partial charge in [0.15, 0.2) is 4.99 Å². The number of hydrogen-bond acceptors (Lipinski definition) is 7. The molecule has 1 unspecified atom stereocenters. The first-order chi connectivity index (χ1) is 8.82. The van der Waals surface area contributed by atoms with Gasteiger partial charge in [-0.2, -0.15) is 0 Å². The Morgan fingerprint density at radius 1 is 1.16 bits per heavy atom. The number of ketones is 1. The predicted molar refractivity (Wildman–Crippen MR) is 74.4 cm³/mol. The van der Waals surface area contributed by atoms with Crippen molar-refractivity contribution in [1.29, 1.82) is 0 Å². The van der Waals surface area contributed by atoms with Crippen molar-refractivity contribution in [2.45, 2.75) is 38.8 Å². The van der Waals surface area contributed by atoms with Crippen LogP contribution in [0.4, 0.5) is 0 Å². The molecular weight excluding hydrogens is 291 g/mol. The zero-order chi connectivity index (χ0) is 15.1. The summed E-state index contributed by atoms with van der Waals surface area (Å²) in [7, 11) is -3.67. The molecule has 8 heteroatoms. The molecule has 0 aliphatic rings. The quantitative estimate of drug-likeness (QED) is 0.367. The standard InChI is InChI=1S/C11H21O6PS/c1-6-15-18(14,16-7-2)11(19-5)9(12)10(13)17-8(3)4/h8,11H,6-7H2,1-5H3. The van der Waals surface area contributed by atoms with Crippen molar-refractivity contribution in [3.05, 3.63) is 0 Å². The summed E-state index contributed by atoms with van der Waals surface area (Å²) in [6.07, 6.45) is 1.15. The molecule has 0 N–H and O–H groups in total. The Bertz CT molecular complexity index is 347. The monoisotopic (exact) mass is 312 g/mol. The predicted octanol–water partition coefficient (Wildman–Crippen LogP) is 2.46. The first-order valence-corrected chi connectivity index (χ1v) is 8.88. The molecule has 0 aromatic carbocycles. The van der Waals surface area contributed by atoms with Gasteiger partial charge >= 0.3 is 13.6 Å². The summed E-state index contributed by atoms with van der Waals surface area (Å²) < 4.78 is 27.5. The van der Waals surface area contributed by atoms with Gasteiger partial charge < -0.3 is 13.8 Å². The topological polar surface area (TPSA) is 78.9 Å². The zero-order valence-corrected chi connectivity index (χ0v) is 13.6. The molecular formula is C11H21O6PS. The number of carbonyl (C=O) groups excluding carboxylic acids is 2. The fourth-order valence-corrected chi connectivity index (χ4v) is 4.45. The van der Waals surface area contributed by atoms with Crippen LogP contribution in [0.5, 0.6) is 0 Å². The Morgan fingerprint density at radius 3 is 1.95 bits per heavy atom. The largest absolute Gasteiger partial charge is 0.457 e. The number of carbonyl (C=O) groups is 2. The molecule has 6 nitrogen and oxygen atoms in total. The molecule has 19 heavy (non-hydrogen) atoms. The fraction of sp³-hybridized carbons (Fsp3) is 0.818. The van der Waals surface area contributed by atoms with Gasteiger partial charge in [-0.1, -0.05) is 0 Å². The van der Waals surface area contributed by atoms with E-state index in [0.717, 1.165) is 11.8 Å². The van der Waals surface area contributed by atoms with Crippen molar-refractivity contribution in [2.75, 3.05) is 19.5 Å². The van der Waals surface area contributed by atoms with E-state index in [1.807, 2.05) is 0 Å². The summed E-state index contributed by atoms with van der Waals surface area (Å²) in [5.41, 5.74) is 0. The van der Waals surface area contributed by atoms with Crippen LogP contribution < -0.4 is 0 Å². The summed E-state index contributed by atoms with van der Waals surface area (Å²) in [4.78, 5) is 22.4. The van der Waals surface area contributed by atoms with Crippen LogP contribution in [0.3, 0.4) is 0 Å². The lowest BCUT2D eigenvalue weighted by molar-refractivity contribution is -0.156. The van der Waals surface area contributed by atoms with Crippen LogP contribution in [0.25, 0.3) is 0 Å². The smallest absolute Gasteiger partial charge is 0.376 e. The first-order valence-electron chi connectivity index (χ1n) is 5.98. The Labute approximate surface area is 118 Å². The van der Waals surface area contributed by atoms with Crippen LogP contribution in [0, 0.1) is 0 Å². The van der Waals surface area contributed by atoms with Gasteiger partial charge in [0.2, 0.25) is 0 Å². The van der Waals surface area contributed by atoms with Gasteiger partial charge in [0.1, 0.15) is 0 Å². The van der Waals surface area contributed by atoms with Crippen LogP contribution in [-0.4, -0.2) is 42.3 Å². The van der Waals surface area contributed by atoms with Gasteiger partial charge in [0, 0.05) is 0 Å². The second-order valence-corrected chi connectivity index (χ2v) is 7.19. The minimum Gasteiger partial charge on any atom is -0.457 e. The van der Waals surface area contributed by atoms with Gasteiger partial charge in [-0.05, 0) is 34.0 Å². The lowest BCUT2D eigenvalue weighted by Crippen LogP contribution is -2.30. The van der Waals surface area contributed by atoms with Gasteiger partial charge in [0.05, 0.1) is 19.3 Å². The lowest BCUT2D eigenvalue weighted by Gasteiger charge is -2.23. The maximum absolute atomic E-state index is 12.5. The number of rotatable bonds is 9. The van der Waals surface area contributed by atoms with Gasteiger partial charge in [-0.15, -0.1) is 11.8 Å². The van der Waals surface area contributed by atoms with E-state index in [2.05, 4.69) is 0 Å². The highest BCUT2D eigenvalue weighted by atomic mass is 32.2. The molecule has 0 amide bonds. The van der Waals surface area contributed by atoms with Crippen LogP contribution in [0.1, 0.15) is 27.7 Å². The number of Topliss-reactive ketones (excluding diaryl/α,β-unsaturated/α-hetero) is 1. The van der Waals surface area contributed by atoms with Crippen LogP contribution in [0.15, 0.2) is 0 Å².